The average molecular weight is 332 g/mol. The Morgan fingerprint density at radius 1 is 1.17 bits per heavy atom. The molecule has 24 heavy (non-hydrogen) atoms. The maximum atomic E-state index is 11.4. The number of ether oxygens (including phenoxy) is 2. The van der Waals surface area contributed by atoms with Crippen molar-refractivity contribution in [1.82, 2.24) is 0 Å². The molecule has 5 nitrogen and oxygen atoms in total. The van der Waals surface area contributed by atoms with Crippen molar-refractivity contribution in [3.05, 3.63) is 23.8 Å². The fraction of sp³-hybridized carbons (Fsp3) is 0.611. The highest BCUT2D eigenvalue weighted by Gasteiger charge is 2.52. The van der Waals surface area contributed by atoms with Crippen LogP contribution < -0.4 is 10.2 Å². The monoisotopic (exact) mass is 332 g/mol. The zero-order chi connectivity index (χ0) is 17.4. The lowest BCUT2D eigenvalue weighted by atomic mass is 9.76. The molecule has 0 saturated carbocycles. The molecule has 0 aliphatic carbocycles. The van der Waals surface area contributed by atoms with Crippen molar-refractivity contribution in [2.24, 2.45) is 0 Å². The van der Waals surface area contributed by atoms with E-state index in [-0.39, 0.29) is 6.29 Å². The van der Waals surface area contributed by atoms with E-state index in [2.05, 4.69) is 0 Å². The predicted octanol–water partition coefficient (Wildman–Crippen LogP) is 2.70. The van der Waals surface area contributed by atoms with Gasteiger partial charge >= 0.3 is 7.12 Å². The lowest BCUT2D eigenvalue weighted by molar-refractivity contribution is -0.105. The molecule has 1 aromatic rings. The molecule has 2 heterocycles. The molecule has 0 amide bonds. The quantitative estimate of drug-likeness (QED) is 0.627. The van der Waals surface area contributed by atoms with Crippen LogP contribution in [-0.2, 0) is 14.0 Å². The molecule has 2 aliphatic rings. The summed E-state index contributed by atoms with van der Waals surface area (Å²) in [5.74, 6) is 0.664. The first-order valence-corrected chi connectivity index (χ1v) is 8.55. The van der Waals surface area contributed by atoms with Crippen LogP contribution >= 0.6 is 0 Å². The first-order chi connectivity index (χ1) is 11.3. The van der Waals surface area contributed by atoms with Crippen molar-refractivity contribution in [2.75, 3.05) is 6.61 Å². The van der Waals surface area contributed by atoms with Crippen LogP contribution in [0, 0.1) is 0 Å². The van der Waals surface area contributed by atoms with E-state index in [0.29, 0.717) is 16.8 Å². The summed E-state index contributed by atoms with van der Waals surface area (Å²) in [6, 6.07) is 5.35. The van der Waals surface area contributed by atoms with Crippen molar-refractivity contribution < 1.29 is 23.6 Å². The Labute approximate surface area is 143 Å². The number of hydrogen-bond donors (Lipinski definition) is 0. The highest BCUT2D eigenvalue weighted by molar-refractivity contribution is 6.63. The van der Waals surface area contributed by atoms with E-state index in [4.69, 9.17) is 18.8 Å². The lowest BCUT2D eigenvalue weighted by Crippen LogP contribution is -2.41. The SMILES string of the molecule is CC1(C)OB(c2cc(OC3CCCCO3)ccc2C=O)OC1(C)C. The zero-order valence-electron chi connectivity index (χ0n) is 14.8. The lowest BCUT2D eigenvalue weighted by Gasteiger charge is -2.32. The summed E-state index contributed by atoms with van der Waals surface area (Å²) in [5.41, 5.74) is 0.324. The van der Waals surface area contributed by atoms with Crippen LogP contribution in [-0.4, -0.2) is 37.5 Å². The smallest absolute Gasteiger partial charge is 0.465 e. The molecule has 0 bridgehead atoms. The largest absolute Gasteiger partial charge is 0.495 e. The van der Waals surface area contributed by atoms with Crippen molar-refractivity contribution in [3.8, 4) is 5.75 Å². The van der Waals surface area contributed by atoms with Gasteiger partial charge in [-0.2, -0.15) is 0 Å². The maximum Gasteiger partial charge on any atom is 0.495 e. The van der Waals surface area contributed by atoms with Crippen LogP contribution in [0.25, 0.3) is 0 Å². The molecule has 0 aromatic heterocycles. The van der Waals surface area contributed by atoms with Crippen LogP contribution in [0.3, 0.4) is 0 Å². The summed E-state index contributed by atoms with van der Waals surface area (Å²) in [7, 11) is -0.592. The van der Waals surface area contributed by atoms with E-state index < -0.39 is 18.3 Å². The van der Waals surface area contributed by atoms with Gasteiger partial charge in [0, 0.05) is 12.0 Å². The molecular formula is C18H25BO5. The molecule has 0 spiro atoms. The second-order valence-corrected chi connectivity index (χ2v) is 7.41. The van der Waals surface area contributed by atoms with E-state index in [9.17, 15) is 4.79 Å². The standard InChI is InChI=1S/C18H25BO5/c1-17(2)18(3,4)24-19(23-17)15-11-14(9-8-13(15)12-20)22-16-7-5-6-10-21-16/h8-9,11-12,16H,5-7,10H2,1-4H3. The molecule has 0 N–H and O–H groups in total. The fourth-order valence-electron chi connectivity index (χ4n) is 2.86. The number of benzene rings is 1. The number of aldehydes is 1. The van der Waals surface area contributed by atoms with Gasteiger partial charge in [-0.25, -0.2) is 0 Å². The van der Waals surface area contributed by atoms with Crippen LogP contribution in [0.5, 0.6) is 5.75 Å². The van der Waals surface area contributed by atoms with Crippen molar-refractivity contribution in [1.29, 1.82) is 0 Å². The van der Waals surface area contributed by atoms with Gasteiger partial charge in [0.15, 0.2) is 6.29 Å². The van der Waals surface area contributed by atoms with Crippen LogP contribution in [0.15, 0.2) is 18.2 Å². The summed E-state index contributed by atoms with van der Waals surface area (Å²) in [6.45, 7) is 8.68. The Balaban J connectivity index is 1.84. The average Bonchev–Trinajstić information content (AvgIpc) is 2.76. The van der Waals surface area contributed by atoms with Crippen LogP contribution in [0.2, 0.25) is 0 Å². The molecule has 6 heteroatoms. The zero-order valence-corrected chi connectivity index (χ0v) is 14.8. The third-order valence-corrected chi connectivity index (χ3v) is 5.10. The summed E-state index contributed by atoms with van der Waals surface area (Å²) < 4.78 is 23.7. The van der Waals surface area contributed by atoms with Gasteiger partial charge in [0.2, 0.25) is 0 Å². The number of hydrogen-bond acceptors (Lipinski definition) is 5. The summed E-state index contributed by atoms with van der Waals surface area (Å²) in [6.07, 6.45) is 3.64. The van der Waals surface area contributed by atoms with Crippen molar-refractivity contribution in [3.63, 3.8) is 0 Å². The molecule has 3 rings (SSSR count). The van der Waals surface area contributed by atoms with Gasteiger partial charge in [-0.05, 0) is 64.2 Å². The van der Waals surface area contributed by atoms with Gasteiger partial charge in [0.05, 0.1) is 17.8 Å². The normalized spacial score (nSPS) is 25.5. The van der Waals surface area contributed by atoms with Gasteiger partial charge in [-0.3, -0.25) is 4.79 Å². The van der Waals surface area contributed by atoms with Gasteiger partial charge in [0.1, 0.15) is 12.0 Å². The Morgan fingerprint density at radius 3 is 2.46 bits per heavy atom. The first kappa shape index (κ1) is 17.5. The number of carbonyl (C=O) groups is 1. The Morgan fingerprint density at radius 2 is 1.88 bits per heavy atom. The van der Waals surface area contributed by atoms with E-state index in [1.165, 1.54) is 0 Å². The third-order valence-electron chi connectivity index (χ3n) is 5.10. The maximum absolute atomic E-state index is 11.4. The highest BCUT2D eigenvalue weighted by Crippen LogP contribution is 2.37. The number of rotatable bonds is 4. The molecule has 130 valence electrons. The van der Waals surface area contributed by atoms with E-state index in [1.807, 2.05) is 33.8 Å². The van der Waals surface area contributed by atoms with E-state index >= 15 is 0 Å². The predicted molar refractivity (Wildman–Crippen MR) is 91.8 cm³/mol. The van der Waals surface area contributed by atoms with Crippen molar-refractivity contribution in [2.45, 2.75) is 64.4 Å². The summed E-state index contributed by atoms with van der Waals surface area (Å²) in [4.78, 5) is 11.4. The van der Waals surface area contributed by atoms with E-state index in [1.54, 1.807) is 12.1 Å². The summed E-state index contributed by atoms with van der Waals surface area (Å²) in [5, 5.41) is 0. The van der Waals surface area contributed by atoms with Gasteiger partial charge < -0.3 is 18.8 Å². The van der Waals surface area contributed by atoms with Crippen LogP contribution in [0.4, 0.5) is 0 Å². The molecule has 1 atom stereocenters. The van der Waals surface area contributed by atoms with Crippen molar-refractivity contribution >= 4 is 18.9 Å². The molecule has 2 fully saturated rings. The first-order valence-electron chi connectivity index (χ1n) is 8.55. The van der Waals surface area contributed by atoms with Crippen LogP contribution in [0.1, 0.15) is 57.3 Å². The highest BCUT2D eigenvalue weighted by atomic mass is 16.7. The van der Waals surface area contributed by atoms with Gasteiger partial charge in [-0.15, -0.1) is 0 Å². The Hall–Kier alpha value is -1.37. The molecule has 1 aromatic carbocycles. The summed E-state index contributed by atoms with van der Waals surface area (Å²) >= 11 is 0. The third kappa shape index (κ3) is 3.36. The minimum absolute atomic E-state index is 0.230. The number of carbonyl (C=O) groups excluding carboxylic acids is 1. The Bertz CT molecular complexity index is 591. The molecular weight excluding hydrogens is 307 g/mol. The second kappa shape index (κ2) is 6.50. The van der Waals surface area contributed by atoms with Gasteiger partial charge in [-0.1, -0.05) is 0 Å². The molecule has 1 unspecified atom stereocenters. The minimum atomic E-state index is -0.592. The molecule has 2 saturated heterocycles. The topological polar surface area (TPSA) is 54.0 Å². The van der Waals surface area contributed by atoms with Gasteiger partial charge in [0.25, 0.3) is 0 Å². The van der Waals surface area contributed by atoms with E-state index in [0.717, 1.165) is 32.2 Å². The minimum Gasteiger partial charge on any atom is -0.465 e. The molecule has 0 radical (unpaired) electrons. The second-order valence-electron chi connectivity index (χ2n) is 7.41. The molecule has 2 aliphatic heterocycles. The Kier molecular flexibility index (Phi) is 4.73. The fourth-order valence-corrected chi connectivity index (χ4v) is 2.86.